The van der Waals surface area contributed by atoms with Gasteiger partial charge in [0.05, 0.1) is 0 Å². The third kappa shape index (κ3) is 8.18. The molecule has 36 heavy (non-hydrogen) atoms. The van der Waals surface area contributed by atoms with E-state index in [0.29, 0.717) is 11.1 Å². The molecule has 2 N–H and O–H groups in total. The first kappa shape index (κ1) is 31.3. The molecule has 0 heterocycles. The standard InChI is InChI=1S/C29H31N2O2.2CH3.Ti/c1-29(2)19-25(30-27(32)22-14-8-4-9-15-22)24(18-21-12-6-3-7-13-21)26(20-29)31-28(33)23-16-10-5-11-17-23;;;/h3-17,24-25H,18-20H2,1-2H3,(H,30,32)(H,31,33);2*1H3;/q3*-1;+3. The molecule has 4 rings (SSSR count). The first-order valence-electron chi connectivity index (χ1n) is 11.5. The van der Waals surface area contributed by atoms with Gasteiger partial charge < -0.3 is 25.5 Å². The normalized spacial score (nSPS) is 18.4. The van der Waals surface area contributed by atoms with Crippen LogP contribution >= 0.6 is 0 Å². The average molecular weight is 518 g/mol. The van der Waals surface area contributed by atoms with Crippen LogP contribution in [0, 0.1) is 32.2 Å². The molecular weight excluding hydrogens is 480 g/mol. The van der Waals surface area contributed by atoms with Crippen molar-refractivity contribution in [2.45, 2.75) is 39.2 Å². The van der Waals surface area contributed by atoms with Crippen LogP contribution < -0.4 is 10.6 Å². The van der Waals surface area contributed by atoms with Crippen molar-refractivity contribution in [1.82, 2.24) is 10.6 Å². The average Bonchev–Trinajstić information content (AvgIpc) is 2.82. The number of hydrogen-bond donors (Lipinski definition) is 2. The number of amides is 2. The Morgan fingerprint density at radius 2 is 1.28 bits per heavy atom. The summed E-state index contributed by atoms with van der Waals surface area (Å²) in [5, 5.41) is 6.52. The van der Waals surface area contributed by atoms with Crippen molar-refractivity contribution in [2.75, 3.05) is 0 Å². The predicted octanol–water partition coefficient (Wildman–Crippen LogP) is 6.32. The van der Waals surface area contributed by atoms with Crippen LogP contribution in [0.15, 0.2) is 91.0 Å². The van der Waals surface area contributed by atoms with E-state index in [1.807, 2.05) is 78.9 Å². The summed E-state index contributed by atoms with van der Waals surface area (Å²) in [6.45, 7) is 4.39. The van der Waals surface area contributed by atoms with Gasteiger partial charge >= 0.3 is 21.7 Å². The van der Waals surface area contributed by atoms with Gasteiger partial charge in [0.25, 0.3) is 5.91 Å². The van der Waals surface area contributed by atoms with E-state index in [-0.39, 0.29) is 65.8 Å². The Morgan fingerprint density at radius 1 is 0.806 bits per heavy atom. The molecule has 2 atom stereocenters. The van der Waals surface area contributed by atoms with Crippen LogP contribution in [0.4, 0.5) is 0 Å². The second kappa shape index (κ2) is 14.2. The zero-order chi connectivity index (χ0) is 23.3. The van der Waals surface area contributed by atoms with E-state index in [2.05, 4.69) is 36.6 Å². The van der Waals surface area contributed by atoms with Crippen LogP contribution in [-0.4, -0.2) is 17.9 Å². The molecule has 1 radical (unpaired) electrons. The van der Waals surface area contributed by atoms with E-state index in [9.17, 15) is 9.59 Å². The van der Waals surface area contributed by atoms with Crippen molar-refractivity contribution in [3.63, 3.8) is 0 Å². The molecule has 187 valence electrons. The molecule has 3 aromatic rings. The van der Waals surface area contributed by atoms with Gasteiger partial charge in [-0.05, 0) is 37.1 Å². The third-order valence-corrected chi connectivity index (χ3v) is 6.34. The summed E-state index contributed by atoms with van der Waals surface area (Å²) >= 11 is 0. The summed E-state index contributed by atoms with van der Waals surface area (Å²) < 4.78 is 0. The van der Waals surface area contributed by atoms with E-state index in [4.69, 9.17) is 0 Å². The Kier molecular flexibility index (Phi) is 12.3. The van der Waals surface area contributed by atoms with Gasteiger partial charge in [-0.1, -0.05) is 91.6 Å². The minimum absolute atomic E-state index is 0. The van der Waals surface area contributed by atoms with E-state index in [1.165, 1.54) is 5.56 Å². The van der Waals surface area contributed by atoms with Crippen molar-refractivity contribution in [3.05, 3.63) is 129 Å². The molecule has 0 saturated heterocycles. The molecular formula is C31H37N2O2Ti. The number of nitrogens with one attached hydrogen (secondary N) is 2. The van der Waals surface area contributed by atoms with Crippen molar-refractivity contribution >= 4 is 11.8 Å². The first-order valence-corrected chi connectivity index (χ1v) is 11.5. The van der Waals surface area contributed by atoms with Crippen LogP contribution in [0.2, 0.25) is 0 Å². The van der Waals surface area contributed by atoms with Crippen LogP contribution in [0.5, 0.6) is 0 Å². The molecule has 1 saturated carbocycles. The maximum absolute atomic E-state index is 13.1. The third-order valence-electron chi connectivity index (χ3n) is 6.34. The predicted molar refractivity (Wildman–Crippen MR) is 144 cm³/mol. The van der Waals surface area contributed by atoms with Crippen LogP contribution in [0.3, 0.4) is 0 Å². The molecule has 0 bridgehead atoms. The second-order valence-corrected chi connectivity index (χ2v) is 9.63. The summed E-state index contributed by atoms with van der Waals surface area (Å²) in [4.78, 5) is 26.1. The molecule has 4 nitrogen and oxygen atoms in total. The fraction of sp³-hybridized carbons (Fsp3) is 0.258. The van der Waals surface area contributed by atoms with E-state index < -0.39 is 0 Å². The van der Waals surface area contributed by atoms with Crippen LogP contribution in [0.25, 0.3) is 0 Å². The van der Waals surface area contributed by atoms with E-state index in [0.717, 1.165) is 25.3 Å². The zero-order valence-corrected chi connectivity index (χ0v) is 23.3. The maximum atomic E-state index is 13.1. The molecule has 1 aliphatic carbocycles. The number of hydrogen-bond acceptors (Lipinski definition) is 2. The minimum atomic E-state index is -0.102. The van der Waals surface area contributed by atoms with Gasteiger partial charge in [0.2, 0.25) is 5.91 Å². The van der Waals surface area contributed by atoms with Gasteiger partial charge in [-0.3, -0.25) is 9.59 Å². The number of carbonyl (C=O) groups excluding carboxylic acids is 2. The number of benzene rings is 3. The Bertz CT molecular complexity index is 1010. The first-order chi connectivity index (χ1) is 15.9. The Balaban J connectivity index is 0.00000216. The van der Waals surface area contributed by atoms with Gasteiger partial charge in [0, 0.05) is 17.2 Å². The molecule has 2 unspecified atom stereocenters. The largest absolute Gasteiger partial charge is 3.00 e. The molecule has 0 aromatic heterocycles. The number of carbonyl (C=O) groups is 2. The Morgan fingerprint density at radius 3 is 1.81 bits per heavy atom. The molecule has 1 fully saturated rings. The van der Waals surface area contributed by atoms with E-state index in [1.54, 1.807) is 0 Å². The molecule has 1 aliphatic rings. The second-order valence-electron chi connectivity index (χ2n) is 9.63. The number of rotatable bonds is 6. The van der Waals surface area contributed by atoms with Gasteiger partial charge in [-0.25, -0.2) is 6.04 Å². The zero-order valence-electron chi connectivity index (χ0n) is 21.8. The van der Waals surface area contributed by atoms with Gasteiger partial charge in [0.1, 0.15) is 0 Å². The quantitative estimate of drug-likeness (QED) is 0.297. The molecule has 0 aliphatic heterocycles. The summed E-state index contributed by atoms with van der Waals surface area (Å²) in [5.41, 5.74) is 2.42. The summed E-state index contributed by atoms with van der Waals surface area (Å²) in [7, 11) is 0. The van der Waals surface area contributed by atoms with Gasteiger partial charge in [0.15, 0.2) is 0 Å². The van der Waals surface area contributed by atoms with Gasteiger partial charge in [-0.2, -0.15) is 6.42 Å². The Hall–Kier alpha value is -2.69. The van der Waals surface area contributed by atoms with Gasteiger partial charge in [-0.15, -0.1) is 5.92 Å². The SMILES string of the molecule is CC1(C)C[C-](NC(=O)c2ccccc2)C(Cc2ccccc2)C(NC(=O)c2ccccc2)C1.[CH3-].[CH3-].[Ti+3]. The smallest absolute Gasteiger partial charge is 0.498 e. The minimum Gasteiger partial charge on any atom is -0.498 e. The monoisotopic (exact) mass is 517 g/mol. The molecule has 3 aromatic carbocycles. The van der Waals surface area contributed by atoms with Crippen molar-refractivity contribution in [1.29, 1.82) is 0 Å². The summed E-state index contributed by atoms with van der Waals surface area (Å²) in [6, 6.07) is 29.8. The summed E-state index contributed by atoms with van der Waals surface area (Å²) in [6.07, 6.45) is 2.37. The molecule has 2 amide bonds. The Labute approximate surface area is 232 Å². The molecule has 5 heteroatoms. The fourth-order valence-corrected chi connectivity index (χ4v) is 4.77. The van der Waals surface area contributed by atoms with Crippen molar-refractivity contribution < 1.29 is 31.3 Å². The van der Waals surface area contributed by atoms with E-state index >= 15 is 0 Å². The van der Waals surface area contributed by atoms with Crippen LogP contribution in [0.1, 0.15) is 53.0 Å². The topological polar surface area (TPSA) is 58.2 Å². The molecule has 0 spiro atoms. The van der Waals surface area contributed by atoms with Crippen molar-refractivity contribution in [2.24, 2.45) is 11.3 Å². The summed E-state index contributed by atoms with van der Waals surface area (Å²) in [5.74, 6) is -0.180. The van der Waals surface area contributed by atoms with Crippen LogP contribution in [-0.2, 0) is 28.1 Å². The maximum Gasteiger partial charge on any atom is 3.00 e. The fourth-order valence-electron chi connectivity index (χ4n) is 4.77. The van der Waals surface area contributed by atoms with Crippen molar-refractivity contribution in [3.8, 4) is 0 Å².